The van der Waals surface area contributed by atoms with Crippen LogP contribution < -0.4 is 5.32 Å². The summed E-state index contributed by atoms with van der Waals surface area (Å²) in [5, 5.41) is 2.85. The number of amides is 1. The number of rotatable bonds is 4. The van der Waals surface area contributed by atoms with Crippen molar-refractivity contribution in [2.75, 3.05) is 13.6 Å². The van der Waals surface area contributed by atoms with E-state index in [9.17, 15) is 13.6 Å². The molecule has 0 aromatic rings. The van der Waals surface area contributed by atoms with Crippen LogP contribution in [-0.2, 0) is 4.74 Å². The summed E-state index contributed by atoms with van der Waals surface area (Å²) in [6, 6.07) is 0.265. The maximum absolute atomic E-state index is 12.3. The first kappa shape index (κ1) is 17.1. The zero-order valence-electron chi connectivity index (χ0n) is 12.8. The minimum atomic E-state index is -2.29. The van der Waals surface area contributed by atoms with E-state index in [-0.39, 0.29) is 18.6 Å². The van der Waals surface area contributed by atoms with Gasteiger partial charge in [0.15, 0.2) is 0 Å². The molecule has 1 amide bonds. The zero-order chi connectivity index (χ0) is 15.3. The Morgan fingerprint density at radius 3 is 2.30 bits per heavy atom. The number of halogens is 2. The van der Waals surface area contributed by atoms with Crippen LogP contribution in [0.4, 0.5) is 13.6 Å². The van der Waals surface area contributed by atoms with Gasteiger partial charge in [-0.25, -0.2) is 13.6 Å². The zero-order valence-corrected chi connectivity index (χ0v) is 12.8. The summed E-state index contributed by atoms with van der Waals surface area (Å²) in [5.74, 6) is 0. The summed E-state index contributed by atoms with van der Waals surface area (Å²) >= 11 is 0. The Morgan fingerprint density at radius 1 is 1.30 bits per heavy atom. The average Bonchev–Trinajstić information content (AvgIpc) is 2.26. The Hall–Kier alpha value is -0.910. The van der Waals surface area contributed by atoms with Gasteiger partial charge in [0.25, 0.3) is 6.43 Å². The quantitative estimate of drug-likeness (QED) is 0.866. The Bertz CT molecular complexity index is 311. The largest absolute Gasteiger partial charge is 0.444 e. The summed E-state index contributed by atoms with van der Waals surface area (Å²) in [6.45, 7) is 5.28. The van der Waals surface area contributed by atoms with Crippen molar-refractivity contribution in [1.82, 2.24) is 10.2 Å². The lowest BCUT2D eigenvalue weighted by Gasteiger charge is -2.35. The Balaban J connectivity index is 2.30. The first-order chi connectivity index (χ1) is 9.17. The fourth-order valence-corrected chi connectivity index (χ4v) is 2.50. The molecule has 6 heteroatoms. The average molecular weight is 292 g/mol. The number of carbonyl (C=O) groups is 1. The predicted molar refractivity (Wildman–Crippen MR) is 74.0 cm³/mol. The number of nitrogens with zero attached hydrogens (tertiary/aromatic N) is 1. The van der Waals surface area contributed by atoms with Crippen LogP contribution >= 0.6 is 0 Å². The van der Waals surface area contributed by atoms with Gasteiger partial charge in [0.05, 0.1) is 6.54 Å². The molecule has 0 saturated heterocycles. The Labute approximate surface area is 119 Å². The third kappa shape index (κ3) is 6.50. The smallest absolute Gasteiger partial charge is 0.407 e. The number of carbonyl (C=O) groups excluding carboxylic acids is 1. The normalized spacial score (nSPS) is 24.0. The van der Waals surface area contributed by atoms with Gasteiger partial charge in [0, 0.05) is 12.1 Å². The summed E-state index contributed by atoms with van der Waals surface area (Å²) in [7, 11) is 1.73. The van der Waals surface area contributed by atoms with Crippen LogP contribution in [0.5, 0.6) is 0 Å². The first-order valence-corrected chi connectivity index (χ1v) is 7.15. The van der Waals surface area contributed by atoms with Crippen molar-refractivity contribution in [2.24, 2.45) is 0 Å². The van der Waals surface area contributed by atoms with Crippen LogP contribution in [0.2, 0.25) is 0 Å². The molecule has 0 atom stereocenters. The first-order valence-electron chi connectivity index (χ1n) is 7.15. The van der Waals surface area contributed by atoms with Gasteiger partial charge in [-0.2, -0.15) is 0 Å². The van der Waals surface area contributed by atoms with Crippen molar-refractivity contribution in [3.63, 3.8) is 0 Å². The molecule has 0 radical (unpaired) electrons. The highest BCUT2D eigenvalue weighted by atomic mass is 19.3. The van der Waals surface area contributed by atoms with Crippen LogP contribution in [0, 0.1) is 0 Å². The molecule has 1 rings (SSSR count). The van der Waals surface area contributed by atoms with Crippen LogP contribution in [0.15, 0.2) is 0 Å². The number of alkyl carbamates (subject to hydrolysis) is 1. The number of nitrogens with one attached hydrogen (secondary N) is 1. The molecule has 0 bridgehead atoms. The second kappa shape index (κ2) is 7.20. The number of ether oxygens (including phenoxy) is 1. The fraction of sp³-hybridized carbons (Fsp3) is 0.929. The van der Waals surface area contributed by atoms with Crippen molar-refractivity contribution in [3.05, 3.63) is 0 Å². The fourth-order valence-electron chi connectivity index (χ4n) is 2.50. The molecule has 0 unspecified atom stereocenters. The highest BCUT2D eigenvalue weighted by molar-refractivity contribution is 5.68. The second-order valence-corrected chi connectivity index (χ2v) is 6.48. The Kier molecular flexibility index (Phi) is 6.17. The van der Waals surface area contributed by atoms with E-state index in [0.29, 0.717) is 0 Å². The minimum absolute atomic E-state index is 0.0843. The molecule has 1 aliphatic carbocycles. The lowest BCUT2D eigenvalue weighted by Crippen LogP contribution is -2.45. The molecule has 0 aliphatic heterocycles. The molecule has 20 heavy (non-hydrogen) atoms. The van der Waals surface area contributed by atoms with E-state index in [0.717, 1.165) is 25.7 Å². The summed E-state index contributed by atoms with van der Waals surface area (Å²) in [6.07, 6.45) is 0.557. The lowest BCUT2D eigenvalue weighted by atomic mass is 9.90. The van der Waals surface area contributed by atoms with E-state index in [2.05, 4.69) is 5.32 Å². The van der Waals surface area contributed by atoms with Gasteiger partial charge in [-0.05, 0) is 53.5 Å². The van der Waals surface area contributed by atoms with Crippen molar-refractivity contribution in [1.29, 1.82) is 0 Å². The van der Waals surface area contributed by atoms with Gasteiger partial charge in [0.1, 0.15) is 5.60 Å². The summed E-state index contributed by atoms with van der Waals surface area (Å²) in [4.78, 5) is 13.4. The molecule has 118 valence electrons. The highest BCUT2D eigenvalue weighted by Gasteiger charge is 2.27. The topological polar surface area (TPSA) is 41.6 Å². The number of hydrogen-bond acceptors (Lipinski definition) is 3. The second-order valence-electron chi connectivity index (χ2n) is 6.48. The van der Waals surface area contributed by atoms with E-state index in [1.165, 1.54) is 0 Å². The molecule has 4 nitrogen and oxygen atoms in total. The van der Waals surface area contributed by atoms with Crippen molar-refractivity contribution in [2.45, 2.75) is 70.6 Å². The van der Waals surface area contributed by atoms with Crippen LogP contribution in [0.1, 0.15) is 46.5 Å². The molecule has 1 fully saturated rings. The van der Waals surface area contributed by atoms with Gasteiger partial charge in [-0.1, -0.05) is 0 Å². The SMILES string of the molecule is CN(CC(F)F)C1CCC(NC(=O)OC(C)(C)C)CC1. The molecule has 0 aromatic carbocycles. The van der Waals surface area contributed by atoms with Gasteiger partial charge < -0.3 is 10.1 Å². The minimum Gasteiger partial charge on any atom is -0.444 e. The van der Waals surface area contributed by atoms with E-state index >= 15 is 0 Å². The monoisotopic (exact) mass is 292 g/mol. The third-order valence-corrected chi connectivity index (χ3v) is 3.47. The lowest BCUT2D eigenvalue weighted by molar-refractivity contribution is 0.0458. The van der Waals surface area contributed by atoms with Crippen molar-refractivity contribution < 1.29 is 18.3 Å². The molecule has 1 N–H and O–H groups in total. The molecular weight excluding hydrogens is 266 g/mol. The summed E-state index contributed by atoms with van der Waals surface area (Å²) in [5.41, 5.74) is -0.501. The third-order valence-electron chi connectivity index (χ3n) is 3.47. The van der Waals surface area contributed by atoms with E-state index in [4.69, 9.17) is 4.74 Å². The van der Waals surface area contributed by atoms with Crippen molar-refractivity contribution in [3.8, 4) is 0 Å². The maximum atomic E-state index is 12.3. The maximum Gasteiger partial charge on any atom is 0.407 e. The van der Waals surface area contributed by atoms with E-state index in [1.54, 1.807) is 11.9 Å². The predicted octanol–water partition coefficient (Wildman–Crippen LogP) is 3.02. The van der Waals surface area contributed by atoms with Crippen molar-refractivity contribution >= 4 is 6.09 Å². The van der Waals surface area contributed by atoms with Gasteiger partial charge in [-0.15, -0.1) is 0 Å². The van der Waals surface area contributed by atoms with Crippen LogP contribution in [-0.4, -0.2) is 48.7 Å². The molecule has 1 saturated carbocycles. The van der Waals surface area contributed by atoms with Gasteiger partial charge in [0.2, 0.25) is 0 Å². The molecule has 0 aromatic heterocycles. The van der Waals surface area contributed by atoms with E-state index < -0.39 is 18.1 Å². The molecule has 0 heterocycles. The van der Waals surface area contributed by atoms with E-state index in [1.807, 2.05) is 20.8 Å². The Morgan fingerprint density at radius 2 is 1.85 bits per heavy atom. The van der Waals surface area contributed by atoms with Crippen LogP contribution in [0.3, 0.4) is 0 Å². The van der Waals surface area contributed by atoms with Gasteiger partial charge >= 0.3 is 6.09 Å². The number of alkyl halides is 2. The summed E-state index contributed by atoms with van der Waals surface area (Å²) < 4.78 is 29.9. The van der Waals surface area contributed by atoms with Crippen LogP contribution in [0.25, 0.3) is 0 Å². The standard InChI is InChI=1S/C14H26F2N2O2/c1-14(2,3)20-13(19)17-10-5-7-11(8-6-10)18(4)9-12(15)16/h10-12H,5-9H2,1-4H3,(H,17,19). The highest BCUT2D eigenvalue weighted by Crippen LogP contribution is 2.23. The molecule has 0 spiro atoms. The molecule has 1 aliphatic rings. The van der Waals surface area contributed by atoms with Gasteiger partial charge in [-0.3, -0.25) is 4.90 Å². The number of hydrogen-bond donors (Lipinski definition) is 1. The molecular formula is C14H26F2N2O2.